The second-order valence-corrected chi connectivity index (χ2v) is 17.3. The molecule has 0 fully saturated rings. The van der Waals surface area contributed by atoms with Crippen LogP contribution in [0, 0.1) is 34.6 Å². The van der Waals surface area contributed by atoms with E-state index in [1.165, 1.54) is 72.3 Å². The van der Waals surface area contributed by atoms with Crippen molar-refractivity contribution in [1.29, 1.82) is 0 Å². The standard InChI is InChI=1S/C59H56O3/c1-40-11-25-53(26-12-40)60-56-31-21-51(22-32-56)59(6,7)52-23-33-57(34-24-52)61-54-27-15-45(16-28-54)14-20-47-38-48(19-13-42(47)3)50-36-43(4)44(5)49(39-50)37-46-17-29-55(30-18-46)62-58-10-8-9-41(2)35-58/h8-13,15-19,21-36,38-39H,14,20,37H2,1-7H3. The normalized spacial score (nSPS) is 11.3. The van der Waals surface area contributed by atoms with Gasteiger partial charge < -0.3 is 14.2 Å². The summed E-state index contributed by atoms with van der Waals surface area (Å²) < 4.78 is 18.5. The zero-order valence-electron chi connectivity index (χ0n) is 37.1. The number of ether oxygens (including phenoxy) is 3. The van der Waals surface area contributed by atoms with Gasteiger partial charge in [-0.3, -0.25) is 0 Å². The van der Waals surface area contributed by atoms with Crippen LogP contribution in [-0.2, 0) is 24.7 Å². The average molecular weight is 813 g/mol. The molecule has 0 saturated heterocycles. The molecule has 0 N–H and O–H groups in total. The SMILES string of the molecule is Cc1ccc(Oc2ccc(C(C)(C)c3ccc(Oc4ccc(CCc5cc(-c6cc(C)c(C)c(Cc7ccc(Oc8cccc(C)c8)cc7)c6)ccc5C)cc4)cc3)cc2)cc1. The highest BCUT2D eigenvalue weighted by atomic mass is 16.5. The second kappa shape index (κ2) is 18.4. The molecule has 3 heteroatoms. The quantitative estimate of drug-likeness (QED) is 0.109. The van der Waals surface area contributed by atoms with E-state index in [1.54, 1.807) is 0 Å². The largest absolute Gasteiger partial charge is 0.457 e. The topological polar surface area (TPSA) is 27.7 Å². The molecule has 0 aliphatic rings. The lowest BCUT2D eigenvalue weighted by atomic mass is 9.78. The number of aryl methyl sites for hydroxylation is 6. The van der Waals surface area contributed by atoms with Gasteiger partial charge in [0.2, 0.25) is 0 Å². The molecule has 0 aliphatic carbocycles. The molecule has 0 spiro atoms. The molecule has 8 aromatic rings. The lowest BCUT2D eigenvalue weighted by Gasteiger charge is -2.26. The van der Waals surface area contributed by atoms with Crippen LogP contribution in [-0.4, -0.2) is 0 Å². The molecule has 8 aromatic carbocycles. The maximum atomic E-state index is 6.31. The van der Waals surface area contributed by atoms with Crippen molar-refractivity contribution in [1.82, 2.24) is 0 Å². The van der Waals surface area contributed by atoms with Gasteiger partial charge in [-0.15, -0.1) is 0 Å². The van der Waals surface area contributed by atoms with E-state index in [0.717, 1.165) is 53.8 Å². The van der Waals surface area contributed by atoms with Crippen molar-refractivity contribution in [3.63, 3.8) is 0 Å². The third-order valence-corrected chi connectivity index (χ3v) is 12.3. The molecule has 62 heavy (non-hydrogen) atoms. The zero-order chi connectivity index (χ0) is 43.2. The summed E-state index contributed by atoms with van der Waals surface area (Å²) >= 11 is 0. The maximum Gasteiger partial charge on any atom is 0.127 e. The molecule has 0 amide bonds. The van der Waals surface area contributed by atoms with E-state index in [-0.39, 0.29) is 5.41 Å². The Bertz CT molecular complexity index is 2760. The molecule has 0 unspecified atom stereocenters. The fourth-order valence-corrected chi connectivity index (χ4v) is 8.04. The van der Waals surface area contributed by atoms with Gasteiger partial charge in [0.1, 0.15) is 34.5 Å². The molecule has 310 valence electrons. The summed E-state index contributed by atoms with van der Waals surface area (Å²) in [6, 6.07) is 61.8. The smallest absolute Gasteiger partial charge is 0.127 e. The Kier molecular flexibility index (Phi) is 12.4. The fourth-order valence-electron chi connectivity index (χ4n) is 8.04. The Labute approximate surface area is 368 Å². The minimum absolute atomic E-state index is 0.185. The molecule has 0 aliphatic heterocycles. The average Bonchev–Trinajstić information content (AvgIpc) is 3.27. The number of benzene rings is 8. The zero-order valence-corrected chi connectivity index (χ0v) is 37.1. The molecular formula is C59H56O3. The van der Waals surface area contributed by atoms with Gasteiger partial charge in [0.05, 0.1) is 0 Å². The third-order valence-electron chi connectivity index (χ3n) is 12.3. The summed E-state index contributed by atoms with van der Waals surface area (Å²) in [5.41, 5.74) is 16.4. The van der Waals surface area contributed by atoms with E-state index in [0.29, 0.717) is 0 Å². The van der Waals surface area contributed by atoms with Crippen LogP contribution in [0.3, 0.4) is 0 Å². The first-order chi connectivity index (χ1) is 29.9. The monoisotopic (exact) mass is 812 g/mol. The van der Waals surface area contributed by atoms with Crippen LogP contribution in [0.5, 0.6) is 34.5 Å². The summed E-state index contributed by atoms with van der Waals surface area (Å²) in [5, 5.41) is 0. The molecule has 0 atom stereocenters. The summed E-state index contributed by atoms with van der Waals surface area (Å²) in [5.74, 6) is 5.04. The van der Waals surface area contributed by atoms with Crippen LogP contribution < -0.4 is 14.2 Å². The predicted octanol–water partition coefficient (Wildman–Crippen LogP) is 16.0. The van der Waals surface area contributed by atoms with Crippen molar-refractivity contribution in [2.24, 2.45) is 0 Å². The van der Waals surface area contributed by atoms with E-state index >= 15 is 0 Å². The van der Waals surface area contributed by atoms with Gasteiger partial charge in [-0.25, -0.2) is 0 Å². The van der Waals surface area contributed by atoms with Crippen molar-refractivity contribution >= 4 is 0 Å². The molecule has 0 bridgehead atoms. The Morgan fingerprint density at radius 1 is 0.371 bits per heavy atom. The predicted molar refractivity (Wildman–Crippen MR) is 257 cm³/mol. The van der Waals surface area contributed by atoms with Gasteiger partial charge >= 0.3 is 0 Å². The van der Waals surface area contributed by atoms with Crippen molar-refractivity contribution in [3.8, 4) is 45.6 Å². The Morgan fingerprint density at radius 3 is 1.44 bits per heavy atom. The fraction of sp³-hybridized carbons (Fsp3) is 0.186. The lowest BCUT2D eigenvalue weighted by molar-refractivity contribution is 0.481. The highest BCUT2D eigenvalue weighted by Gasteiger charge is 2.23. The lowest BCUT2D eigenvalue weighted by Crippen LogP contribution is -2.18. The Morgan fingerprint density at radius 2 is 0.871 bits per heavy atom. The van der Waals surface area contributed by atoms with Gasteiger partial charge in [-0.2, -0.15) is 0 Å². The molecular weight excluding hydrogens is 757 g/mol. The van der Waals surface area contributed by atoms with E-state index in [4.69, 9.17) is 14.2 Å². The number of rotatable bonds is 14. The van der Waals surface area contributed by atoms with E-state index < -0.39 is 0 Å². The van der Waals surface area contributed by atoms with Crippen molar-refractivity contribution in [2.45, 2.75) is 73.1 Å². The van der Waals surface area contributed by atoms with Gasteiger partial charge in [0.15, 0.2) is 0 Å². The van der Waals surface area contributed by atoms with Crippen LogP contribution in [0.15, 0.2) is 176 Å². The van der Waals surface area contributed by atoms with Crippen molar-refractivity contribution in [2.75, 3.05) is 0 Å². The molecule has 3 nitrogen and oxygen atoms in total. The molecule has 0 aromatic heterocycles. The van der Waals surface area contributed by atoms with E-state index in [1.807, 2.05) is 36.4 Å². The highest BCUT2D eigenvalue weighted by Crippen LogP contribution is 2.35. The van der Waals surface area contributed by atoms with Crippen molar-refractivity contribution in [3.05, 3.63) is 237 Å². The second-order valence-electron chi connectivity index (χ2n) is 17.3. The van der Waals surface area contributed by atoms with Crippen molar-refractivity contribution < 1.29 is 14.2 Å². The van der Waals surface area contributed by atoms with Crippen LogP contribution in [0.25, 0.3) is 11.1 Å². The Hall–Kier alpha value is -6.84. The van der Waals surface area contributed by atoms with Gasteiger partial charge in [-0.1, -0.05) is 123 Å². The maximum absolute atomic E-state index is 6.31. The molecule has 0 radical (unpaired) electrons. The molecule has 8 rings (SSSR count). The van der Waals surface area contributed by atoms with Gasteiger partial charge in [0, 0.05) is 5.41 Å². The number of hydrogen-bond acceptors (Lipinski definition) is 3. The highest BCUT2D eigenvalue weighted by molar-refractivity contribution is 5.68. The van der Waals surface area contributed by atoms with Gasteiger partial charge in [0.25, 0.3) is 0 Å². The first-order valence-electron chi connectivity index (χ1n) is 21.7. The van der Waals surface area contributed by atoms with Crippen LogP contribution in [0.4, 0.5) is 0 Å². The van der Waals surface area contributed by atoms with Crippen LogP contribution in [0.2, 0.25) is 0 Å². The first kappa shape index (κ1) is 41.9. The van der Waals surface area contributed by atoms with Crippen LogP contribution >= 0.6 is 0 Å². The molecule has 0 saturated carbocycles. The first-order valence-corrected chi connectivity index (χ1v) is 21.7. The third kappa shape index (κ3) is 10.2. The summed E-state index contributed by atoms with van der Waals surface area (Å²) in [7, 11) is 0. The summed E-state index contributed by atoms with van der Waals surface area (Å²) in [6.07, 6.45) is 2.79. The summed E-state index contributed by atoms with van der Waals surface area (Å²) in [4.78, 5) is 0. The number of hydrogen-bond donors (Lipinski definition) is 0. The van der Waals surface area contributed by atoms with E-state index in [2.05, 4.69) is 188 Å². The van der Waals surface area contributed by atoms with E-state index in [9.17, 15) is 0 Å². The summed E-state index contributed by atoms with van der Waals surface area (Å²) in [6.45, 7) is 15.3. The minimum Gasteiger partial charge on any atom is -0.457 e. The molecule has 0 heterocycles. The van der Waals surface area contributed by atoms with Gasteiger partial charge in [-0.05, 0) is 193 Å². The minimum atomic E-state index is -0.185. The Balaban J connectivity index is 0.871. The van der Waals surface area contributed by atoms with Crippen LogP contribution in [0.1, 0.15) is 75.0 Å².